The minimum atomic E-state index is -4.96. The van der Waals surface area contributed by atoms with Crippen LogP contribution in [0.4, 0.5) is 18.0 Å². The molecule has 0 unspecified atom stereocenters. The molecule has 2 atom stereocenters. The molecule has 0 bridgehead atoms. The standard InChI is InChI=1S/C20H30F3N3O4/c1-5-13-11-26(15(28)20(21,22)23)18(8-9-18)12-24(13)14(27)19(17(2,3)4)7-6-10-25(19)16(29)30/h13H,5-12H2,1-4H3,(H,29,30)/t13-,19-/m1/s1. The molecule has 3 amide bonds. The second kappa shape index (κ2) is 7.02. The van der Waals surface area contributed by atoms with Crippen LogP contribution in [0.5, 0.6) is 0 Å². The Morgan fingerprint density at radius 2 is 1.67 bits per heavy atom. The zero-order chi connectivity index (χ0) is 22.7. The maximum Gasteiger partial charge on any atom is 0.471 e. The second-order valence-electron chi connectivity index (χ2n) is 9.78. The van der Waals surface area contributed by atoms with Crippen molar-refractivity contribution in [1.82, 2.24) is 14.7 Å². The van der Waals surface area contributed by atoms with Gasteiger partial charge in [0.1, 0.15) is 5.54 Å². The summed E-state index contributed by atoms with van der Waals surface area (Å²) in [5, 5.41) is 9.78. The minimum Gasteiger partial charge on any atom is -0.465 e. The third-order valence-electron chi connectivity index (χ3n) is 7.12. The molecule has 3 aliphatic rings. The van der Waals surface area contributed by atoms with E-state index in [2.05, 4.69) is 0 Å². The van der Waals surface area contributed by atoms with E-state index in [0.717, 1.165) is 4.90 Å². The molecular formula is C20H30F3N3O4. The molecule has 3 fully saturated rings. The Kier molecular flexibility index (Phi) is 5.31. The monoisotopic (exact) mass is 433 g/mol. The van der Waals surface area contributed by atoms with Gasteiger partial charge in [-0.25, -0.2) is 4.79 Å². The predicted molar refractivity (Wildman–Crippen MR) is 102 cm³/mol. The van der Waals surface area contributed by atoms with E-state index in [1.165, 1.54) is 4.90 Å². The van der Waals surface area contributed by atoms with Gasteiger partial charge in [-0.05, 0) is 37.5 Å². The van der Waals surface area contributed by atoms with E-state index in [-0.39, 0.29) is 25.5 Å². The molecule has 2 aliphatic heterocycles. The average Bonchev–Trinajstić information content (AvgIpc) is 3.23. The van der Waals surface area contributed by atoms with Crippen LogP contribution in [-0.4, -0.2) is 80.6 Å². The van der Waals surface area contributed by atoms with Crippen molar-refractivity contribution in [3.8, 4) is 0 Å². The molecule has 170 valence electrons. The molecule has 1 saturated carbocycles. The first-order chi connectivity index (χ1) is 13.7. The number of likely N-dealkylation sites (tertiary alicyclic amines) is 1. The summed E-state index contributed by atoms with van der Waals surface area (Å²) in [5.41, 5.74) is -2.98. The van der Waals surface area contributed by atoms with E-state index in [9.17, 15) is 32.7 Å². The fourth-order valence-corrected chi connectivity index (χ4v) is 5.28. The van der Waals surface area contributed by atoms with E-state index in [1.807, 2.05) is 20.8 Å². The quantitative estimate of drug-likeness (QED) is 0.726. The number of carbonyl (C=O) groups excluding carboxylic acids is 2. The lowest BCUT2D eigenvalue weighted by Crippen LogP contribution is -2.71. The number of amides is 3. The molecule has 1 aliphatic carbocycles. The lowest BCUT2D eigenvalue weighted by atomic mass is 9.70. The second-order valence-corrected chi connectivity index (χ2v) is 9.78. The Bertz CT molecular complexity index is 745. The van der Waals surface area contributed by atoms with Gasteiger partial charge in [-0.2, -0.15) is 13.2 Å². The molecule has 1 spiro atoms. The Labute approximate surface area is 174 Å². The summed E-state index contributed by atoms with van der Waals surface area (Å²) in [7, 11) is 0. The largest absolute Gasteiger partial charge is 0.471 e. The highest BCUT2D eigenvalue weighted by Crippen LogP contribution is 2.50. The maximum atomic E-state index is 13.9. The molecule has 3 rings (SSSR count). The van der Waals surface area contributed by atoms with Gasteiger partial charge < -0.3 is 14.9 Å². The summed E-state index contributed by atoms with van der Waals surface area (Å²) in [6, 6.07) is -0.592. The molecule has 30 heavy (non-hydrogen) atoms. The normalized spacial score (nSPS) is 28.8. The van der Waals surface area contributed by atoms with Crippen LogP contribution in [0.3, 0.4) is 0 Å². The summed E-state index contributed by atoms with van der Waals surface area (Å²) in [4.78, 5) is 41.6. The Morgan fingerprint density at radius 3 is 2.10 bits per heavy atom. The minimum absolute atomic E-state index is 0.0114. The van der Waals surface area contributed by atoms with Crippen molar-refractivity contribution in [2.24, 2.45) is 5.41 Å². The van der Waals surface area contributed by atoms with Crippen molar-refractivity contribution >= 4 is 17.9 Å². The number of hydrogen-bond acceptors (Lipinski definition) is 3. The van der Waals surface area contributed by atoms with E-state index in [4.69, 9.17) is 0 Å². The number of hydrogen-bond donors (Lipinski definition) is 1. The van der Waals surface area contributed by atoms with Gasteiger partial charge in [0.25, 0.3) is 0 Å². The maximum absolute atomic E-state index is 13.9. The SMILES string of the molecule is CC[C@@H]1CN(C(=O)C(F)(F)F)C2(CC2)CN1C(=O)[C@@]1(C(C)(C)C)CCCN1C(=O)O. The summed E-state index contributed by atoms with van der Waals surface area (Å²) in [6.07, 6.45) is -4.04. The molecule has 2 saturated heterocycles. The summed E-state index contributed by atoms with van der Waals surface area (Å²) >= 11 is 0. The van der Waals surface area contributed by atoms with E-state index < -0.39 is 40.7 Å². The van der Waals surface area contributed by atoms with Gasteiger partial charge in [-0.3, -0.25) is 14.5 Å². The van der Waals surface area contributed by atoms with Crippen molar-refractivity contribution in [3.05, 3.63) is 0 Å². The number of halogens is 3. The smallest absolute Gasteiger partial charge is 0.465 e. The molecule has 2 heterocycles. The molecule has 0 aromatic rings. The summed E-state index contributed by atoms with van der Waals surface area (Å²) in [5.74, 6) is -2.21. The molecule has 0 aromatic heterocycles. The molecule has 7 nitrogen and oxygen atoms in total. The average molecular weight is 433 g/mol. The van der Waals surface area contributed by atoms with Crippen LogP contribution in [0.2, 0.25) is 0 Å². The van der Waals surface area contributed by atoms with Crippen LogP contribution in [0.1, 0.15) is 59.8 Å². The van der Waals surface area contributed by atoms with Gasteiger partial charge >= 0.3 is 18.2 Å². The highest BCUT2D eigenvalue weighted by molar-refractivity contribution is 5.92. The van der Waals surface area contributed by atoms with Gasteiger partial charge in [0.2, 0.25) is 5.91 Å². The van der Waals surface area contributed by atoms with E-state index in [0.29, 0.717) is 32.1 Å². The lowest BCUT2D eigenvalue weighted by molar-refractivity contribution is -0.194. The zero-order valence-electron chi connectivity index (χ0n) is 17.9. The highest BCUT2D eigenvalue weighted by Gasteiger charge is 2.64. The predicted octanol–water partition coefficient (Wildman–Crippen LogP) is 3.09. The first kappa shape index (κ1) is 22.7. The molecule has 0 radical (unpaired) electrons. The highest BCUT2D eigenvalue weighted by atomic mass is 19.4. The lowest BCUT2D eigenvalue weighted by Gasteiger charge is -2.53. The summed E-state index contributed by atoms with van der Waals surface area (Å²) in [6.45, 7) is 7.30. The van der Waals surface area contributed by atoms with E-state index in [1.54, 1.807) is 11.8 Å². The fourth-order valence-electron chi connectivity index (χ4n) is 5.28. The first-order valence-corrected chi connectivity index (χ1v) is 10.4. The number of carbonyl (C=O) groups is 3. The topological polar surface area (TPSA) is 81.2 Å². The fraction of sp³-hybridized carbons (Fsp3) is 0.850. The van der Waals surface area contributed by atoms with Gasteiger partial charge in [0.15, 0.2) is 0 Å². The van der Waals surface area contributed by atoms with Crippen LogP contribution in [0.15, 0.2) is 0 Å². The van der Waals surface area contributed by atoms with Crippen LogP contribution < -0.4 is 0 Å². The van der Waals surface area contributed by atoms with Crippen LogP contribution in [-0.2, 0) is 9.59 Å². The van der Waals surface area contributed by atoms with Gasteiger partial charge in [0, 0.05) is 25.7 Å². The number of nitrogens with zero attached hydrogens (tertiary/aromatic N) is 3. The van der Waals surface area contributed by atoms with Crippen LogP contribution in [0.25, 0.3) is 0 Å². The number of rotatable bonds is 2. The van der Waals surface area contributed by atoms with Crippen LogP contribution >= 0.6 is 0 Å². The van der Waals surface area contributed by atoms with Gasteiger partial charge in [0.05, 0.1) is 5.54 Å². The van der Waals surface area contributed by atoms with Crippen molar-refractivity contribution in [3.63, 3.8) is 0 Å². The molecule has 10 heteroatoms. The Balaban J connectivity index is 1.98. The Hall–Kier alpha value is -2.00. The number of carboxylic acid groups (broad SMARTS) is 1. The number of alkyl halides is 3. The molecule has 1 N–H and O–H groups in total. The van der Waals surface area contributed by atoms with Crippen molar-refractivity contribution < 1.29 is 32.7 Å². The Morgan fingerprint density at radius 1 is 1.07 bits per heavy atom. The third-order valence-corrected chi connectivity index (χ3v) is 7.12. The van der Waals surface area contributed by atoms with Gasteiger partial charge in [-0.1, -0.05) is 27.7 Å². The van der Waals surface area contributed by atoms with Crippen LogP contribution in [0, 0.1) is 5.41 Å². The van der Waals surface area contributed by atoms with Crippen molar-refractivity contribution in [2.45, 2.75) is 83.1 Å². The molecular weight excluding hydrogens is 403 g/mol. The molecule has 0 aromatic carbocycles. The van der Waals surface area contributed by atoms with Crippen molar-refractivity contribution in [1.29, 1.82) is 0 Å². The van der Waals surface area contributed by atoms with Crippen molar-refractivity contribution in [2.75, 3.05) is 19.6 Å². The first-order valence-electron chi connectivity index (χ1n) is 10.4. The summed E-state index contributed by atoms with van der Waals surface area (Å²) < 4.78 is 39.5. The van der Waals surface area contributed by atoms with E-state index >= 15 is 0 Å². The third kappa shape index (κ3) is 3.32. The van der Waals surface area contributed by atoms with Gasteiger partial charge in [-0.15, -0.1) is 0 Å². The number of piperazine rings is 1. The zero-order valence-corrected chi connectivity index (χ0v) is 17.9.